The van der Waals surface area contributed by atoms with Crippen LogP contribution < -0.4 is 0 Å². The minimum absolute atomic E-state index is 0.230. The largest absolute Gasteiger partial charge is 0.504 e. The van der Waals surface area contributed by atoms with Crippen LogP contribution in [0.4, 0.5) is 0 Å². The van der Waals surface area contributed by atoms with Gasteiger partial charge in [-0.25, -0.2) is 0 Å². The summed E-state index contributed by atoms with van der Waals surface area (Å²) >= 11 is 0. The third-order valence-corrected chi connectivity index (χ3v) is 2.74. The first-order valence-corrected chi connectivity index (χ1v) is 6.22. The second kappa shape index (κ2) is 6.94. The number of phenolic OH excluding ortho intramolecular Hbond substituents is 2. The van der Waals surface area contributed by atoms with Crippen molar-refractivity contribution in [2.24, 2.45) is 11.2 Å². The fraction of sp³-hybridized carbons (Fsp3) is 0.538. The number of nitroso groups, excluding NO2 is 1. The molecule has 0 radical (unpaired) electrons. The van der Waals surface area contributed by atoms with Gasteiger partial charge in [0.25, 0.3) is 0 Å². The van der Waals surface area contributed by atoms with Gasteiger partial charge in [0.15, 0.2) is 11.5 Å². The van der Waals surface area contributed by atoms with E-state index in [1.165, 1.54) is 23.2 Å². The molecule has 3 N–H and O–H groups in total. The molecule has 1 unspecified atom stereocenters. The summed E-state index contributed by atoms with van der Waals surface area (Å²) in [5.74, 6) is -0.191. The van der Waals surface area contributed by atoms with Gasteiger partial charge in [0.2, 0.25) is 0 Å². The Kier molecular flexibility index (Phi) is 5.57. The number of nitrogens with zero attached hydrogens (tertiary/aromatic N) is 2. The lowest BCUT2D eigenvalue weighted by Gasteiger charge is -2.19. The molecule has 6 nitrogen and oxygen atoms in total. The molecule has 0 aliphatic carbocycles. The molecule has 19 heavy (non-hydrogen) atoms. The fourth-order valence-electron chi connectivity index (χ4n) is 1.77. The summed E-state index contributed by atoms with van der Waals surface area (Å²) in [6.07, 6.45) is -0.495. The van der Waals surface area contributed by atoms with Gasteiger partial charge in [0.05, 0.1) is 11.4 Å². The number of hydrogen-bond donors (Lipinski definition) is 3. The van der Waals surface area contributed by atoms with E-state index in [-0.39, 0.29) is 11.5 Å². The van der Waals surface area contributed by atoms with Gasteiger partial charge in [-0.3, -0.25) is 5.01 Å². The Balaban J connectivity index is 2.56. The fourth-order valence-corrected chi connectivity index (χ4v) is 1.77. The molecule has 0 fully saturated rings. The maximum Gasteiger partial charge on any atom is 0.157 e. The molecule has 1 atom stereocenters. The molecule has 0 spiro atoms. The Morgan fingerprint density at radius 2 is 1.95 bits per heavy atom. The summed E-state index contributed by atoms with van der Waals surface area (Å²) in [5.41, 5.74) is 0.491. The van der Waals surface area contributed by atoms with Crippen LogP contribution >= 0.6 is 0 Å². The molecule has 0 aliphatic heterocycles. The lowest BCUT2D eigenvalue weighted by molar-refractivity contribution is 0.137. The molecule has 0 heterocycles. The molecule has 0 aromatic heterocycles. The van der Waals surface area contributed by atoms with Crippen LogP contribution in [0.5, 0.6) is 11.5 Å². The van der Waals surface area contributed by atoms with Gasteiger partial charge in [-0.1, -0.05) is 19.9 Å². The van der Waals surface area contributed by atoms with E-state index in [0.29, 0.717) is 31.0 Å². The van der Waals surface area contributed by atoms with Gasteiger partial charge in [0.1, 0.15) is 0 Å². The van der Waals surface area contributed by atoms with Gasteiger partial charge < -0.3 is 15.3 Å². The molecule has 0 saturated carbocycles. The smallest absolute Gasteiger partial charge is 0.157 e. The molecular formula is C13H20N2O4. The molecule has 0 aliphatic rings. The zero-order valence-corrected chi connectivity index (χ0v) is 11.2. The second-order valence-electron chi connectivity index (χ2n) is 4.94. The lowest BCUT2D eigenvalue weighted by Crippen LogP contribution is -2.24. The van der Waals surface area contributed by atoms with Gasteiger partial charge >= 0.3 is 0 Å². The Labute approximate surface area is 112 Å². The average Bonchev–Trinajstić information content (AvgIpc) is 2.36. The Morgan fingerprint density at radius 1 is 1.26 bits per heavy atom. The maximum atomic E-state index is 10.6. The van der Waals surface area contributed by atoms with Gasteiger partial charge in [-0.2, -0.15) is 0 Å². The zero-order valence-electron chi connectivity index (χ0n) is 11.2. The zero-order chi connectivity index (χ0) is 14.4. The van der Waals surface area contributed by atoms with Crippen LogP contribution in [-0.4, -0.2) is 33.4 Å². The van der Waals surface area contributed by atoms with E-state index < -0.39 is 6.10 Å². The van der Waals surface area contributed by atoms with Crippen LogP contribution in [0, 0.1) is 10.8 Å². The number of aromatic hydroxyl groups is 2. The van der Waals surface area contributed by atoms with E-state index in [2.05, 4.69) is 5.29 Å². The lowest BCUT2D eigenvalue weighted by atomic mass is 10.1. The highest BCUT2D eigenvalue weighted by atomic mass is 16.3. The van der Waals surface area contributed by atoms with Crippen molar-refractivity contribution in [3.63, 3.8) is 0 Å². The number of phenols is 2. The Hall–Kier alpha value is -1.82. The highest BCUT2D eigenvalue weighted by Gasteiger charge is 2.13. The van der Waals surface area contributed by atoms with Crippen LogP contribution in [0.1, 0.15) is 31.9 Å². The summed E-state index contributed by atoms with van der Waals surface area (Å²) in [6, 6.07) is 4.15. The predicted molar refractivity (Wildman–Crippen MR) is 71.6 cm³/mol. The van der Waals surface area contributed by atoms with Crippen molar-refractivity contribution in [2.75, 3.05) is 13.1 Å². The number of aliphatic hydroxyl groups is 1. The maximum absolute atomic E-state index is 10.6. The average molecular weight is 268 g/mol. The van der Waals surface area contributed by atoms with E-state index in [9.17, 15) is 20.2 Å². The first kappa shape index (κ1) is 15.2. The molecule has 0 bridgehead atoms. The topological polar surface area (TPSA) is 93.4 Å². The van der Waals surface area contributed by atoms with Crippen molar-refractivity contribution in [3.05, 3.63) is 28.7 Å². The first-order chi connectivity index (χ1) is 8.93. The van der Waals surface area contributed by atoms with Crippen molar-refractivity contribution in [2.45, 2.75) is 26.4 Å². The van der Waals surface area contributed by atoms with Crippen LogP contribution in [0.3, 0.4) is 0 Å². The van der Waals surface area contributed by atoms with Crippen LogP contribution in [0.15, 0.2) is 23.5 Å². The Morgan fingerprint density at radius 3 is 2.47 bits per heavy atom. The van der Waals surface area contributed by atoms with Gasteiger partial charge in [-0.05, 0) is 30.0 Å². The van der Waals surface area contributed by atoms with Crippen molar-refractivity contribution in [1.82, 2.24) is 5.01 Å². The Bertz CT molecular complexity index is 423. The molecule has 106 valence electrons. The highest BCUT2D eigenvalue weighted by molar-refractivity contribution is 5.41. The van der Waals surface area contributed by atoms with Gasteiger partial charge in [-0.15, -0.1) is 4.91 Å². The number of rotatable bonds is 7. The minimum atomic E-state index is -0.817. The third-order valence-electron chi connectivity index (χ3n) is 2.74. The highest BCUT2D eigenvalue weighted by Crippen LogP contribution is 2.28. The standard InChI is InChI=1S/C13H20N2O4/c1-9(2)8-15(14-19)6-5-11(16)10-3-4-12(17)13(18)7-10/h3-4,7,9,11,16-18H,5-6,8H2,1-2H3. The normalized spacial score (nSPS) is 12.4. The summed E-state index contributed by atoms with van der Waals surface area (Å²) in [5, 5.41) is 32.8. The van der Waals surface area contributed by atoms with E-state index in [4.69, 9.17) is 0 Å². The number of aliphatic hydroxyl groups excluding tert-OH is 1. The molecule has 0 saturated heterocycles. The van der Waals surface area contributed by atoms with Crippen molar-refractivity contribution >= 4 is 0 Å². The second-order valence-corrected chi connectivity index (χ2v) is 4.94. The quantitative estimate of drug-likeness (QED) is 0.400. The van der Waals surface area contributed by atoms with E-state index in [1.807, 2.05) is 13.8 Å². The molecule has 1 aromatic carbocycles. The predicted octanol–water partition coefficient (Wildman–Crippen LogP) is 2.16. The van der Waals surface area contributed by atoms with E-state index in [0.717, 1.165) is 0 Å². The van der Waals surface area contributed by atoms with Crippen LogP contribution in [0.25, 0.3) is 0 Å². The first-order valence-electron chi connectivity index (χ1n) is 6.22. The SMILES string of the molecule is CC(C)CN(CCC(O)c1ccc(O)c(O)c1)N=O. The van der Waals surface area contributed by atoms with E-state index in [1.54, 1.807) is 0 Å². The molecule has 0 amide bonds. The van der Waals surface area contributed by atoms with Crippen molar-refractivity contribution in [3.8, 4) is 11.5 Å². The number of hydrogen-bond acceptors (Lipinski definition) is 5. The van der Waals surface area contributed by atoms with Crippen LogP contribution in [-0.2, 0) is 0 Å². The molecule has 1 aromatic rings. The monoisotopic (exact) mass is 268 g/mol. The van der Waals surface area contributed by atoms with Crippen molar-refractivity contribution < 1.29 is 15.3 Å². The van der Waals surface area contributed by atoms with Crippen molar-refractivity contribution in [1.29, 1.82) is 0 Å². The molecule has 1 rings (SSSR count). The summed E-state index contributed by atoms with van der Waals surface area (Å²) in [6.45, 7) is 4.83. The summed E-state index contributed by atoms with van der Waals surface area (Å²) < 4.78 is 0. The minimum Gasteiger partial charge on any atom is -0.504 e. The van der Waals surface area contributed by atoms with Crippen LogP contribution in [0.2, 0.25) is 0 Å². The third kappa shape index (κ3) is 4.75. The molecule has 6 heteroatoms. The molecular weight excluding hydrogens is 248 g/mol. The van der Waals surface area contributed by atoms with E-state index >= 15 is 0 Å². The number of benzene rings is 1. The summed E-state index contributed by atoms with van der Waals surface area (Å²) in [7, 11) is 0. The van der Waals surface area contributed by atoms with Gasteiger partial charge in [0, 0.05) is 13.1 Å². The summed E-state index contributed by atoms with van der Waals surface area (Å²) in [4.78, 5) is 10.6.